The monoisotopic (exact) mass is 570 g/mol. The molecule has 0 bridgehead atoms. The molecule has 0 saturated heterocycles. The first-order valence-electron chi connectivity index (χ1n) is 14.2. The van der Waals surface area contributed by atoms with Crippen molar-refractivity contribution in [3.63, 3.8) is 0 Å². The van der Waals surface area contributed by atoms with Crippen molar-refractivity contribution in [2.45, 2.75) is 78.7 Å². The second kappa shape index (κ2) is 10.5. The van der Waals surface area contributed by atoms with Crippen LogP contribution in [0.15, 0.2) is 56.8 Å². The van der Waals surface area contributed by atoms with Crippen molar-refractivity contribution in [2.75, 3.05) is 0 Å². The van der Waals surface area contributed by atoms with Gasteiger partial charge in [0.2, 0.25) is 0 Å². The van der Waals surface area contributed by atoms with Gasteiger partial charge in [-0.15, -0.1) is 0 Å². The number of ether oxygens (including phenoxy) is 1. The molecule has 1 aliphatic heterocycles. The van der Waals surface area contributed by atoms with Crippen LogP contribution < -0.4 is 10.2 Å². The summed E-state index contributed by atoms with van der Waals surface area (Å²) in [5.74, 6) is -1.50. The quantitative estimate of drug-likeness (QED) is 0.135. The number of rotatable bonds is 6. The van der Waals surface area contributed by atoms with Crippen LogP contribution in [-0.4, -0.2) is 26.0 Å². The van der Waals surface area contributed by atoms with Crippen molar-refractivity contribution in [3.05, 3.63) is 80.1 Å². The molecule has 5 rings (SSSR count). The van der Waals surface area contributed by atoms with Crippen LogP contribution in [0.3, 0.4) is 0 Å². The molecule has 0 unspecified atom stereocenters. The Morgan fingerprint density at radius 2 is 1.79 bits per heavy atom. The summed E-state index contributed by atoms with van der Waals surface area (Å²) in [6.07, 6.45) is 10.1. The molecule has 1 aliphatic carbocycles. The van der Waals surface area contributed by atoms with Crippen molar-refractivity contribution in [1.82, 2.24) is 0 Å². The Morgan fingerprint density at radius 1 is 1.07 bits per heavy atom. The number of benzene rings is 2. The molecular weight excluding hydrogens is 532 g/mol. The first-order chi connectivity index (χ1) is 19.7. The zero-order valence-corrected chi connectivity index (χ0v) is 25.0. The van der Waals surface area contributed by atoms with Crippen LogP contribution in [0.4, 0.5) is 0 Å². The van der Waals surface area contributed by atoms with Crippen molar-refractivity contribution in [2.24, 2.45) is 0 Å². The molecular formula is C35H38O7. The Bertz CT molecular complexity index is 1790. The molecule has 1 atom stereocenters. The van der Waals surface area contributed by atoms with Gasteiger partial charge in [-0.2, -0.15) is 0 Å². The highest BCUT2D eigenvalue weighted by Gasteiger charge is 2.38. The van der Waals surface area contributed by atoms with Crippen molar-refractivity contribution >= 4 is 17.0 Å². The number of phenolic OH excluding ortho intramolecular Hbond substituents is 4. The Hall–Kier alpha value is -4.39. The van der Waals surface area contributed by atoms with E-state index in [-0.39, 0.29) is 51.3 Å². The molecule has 1 aromatic heterocycles. The van der Waals surface area contributed by atoms with Gasteiger partial charge in [-0.1, -0.05) is 35.5 Å². The van der Waals surface area contributed by atoms with Gasteiger partial charge in [-0.25, -0.2) is 0 Å². The van der Waals surface area contributed by atoms with E-state index >= 15 is 0 Å². The summed E-state index contributed by atoms with van der Waals surface area (Å²) in [6.45, 7) is 15.8. The maximum atomic E-state index is 14.2. The molecule has 2 aliphatic rings. The molecule has 7 nitrogen and oxygen atoms in total. The van der Waals surface area contributed by atoms with Crippen molar-refractivity contribution in [1.29, 1.82) is 0 Å². The predicted octanol–water partition coefficient (Wildman–Crippen LogP) is 7.92. The van der Waals surface area contributed by atoms with Crippen molar-refractivity contribution in [3.8, 4) is 40.1 Å². The highest BCUT2D eigenvalue weighted by atomic mass is 16.5. The molecule has 42 heavy (non-hydrogen) atoms. The molecule has 7 heteroatoms. The van der Waals surface area contributed by atoms with Gasteiger partial charge < -0.3 is 29.6 Å². The maximum Gasteiger partial charge on any atom is 0.200 e. The number of allylic oxidation sites excluding steroid dienone is 5. The summed E-state index contributed by atoms with van der Waals surface area (Å²) in [5, 5.41) is 43.7. The van der Waals surface area contributed by atoms with E-state index in [9.17, 15) is 25.2 Å². The Labute approximate surface area is 245 Å². The average molecular weight is 571 g/mol. The SMILES string of the molecule is C=C(C)[C@H]1Cc2c(oc3c(C/C=C(\C)CCC=C(C)C)c4c(c(O)c3c2=O)C=CC(C)(C)O4)-c2c(O)cc(O)c(O)c21. The van der Waals surface area contributed by atoms with Gasteiger partial charge in [0.05, 0.1) is 11.1 Å². The van der Waals surface area contributed by atoms with E-state index in [1.54, 1.807) is 13.0 Å². The maximum absolute atomic E-state index is 14.2. The van der Waals surface area contributed by atoms with Gasteiger partial charge in [0, 0.05) is 28.7 Å². The van der Waals surface area contributed by atoms with E-state index in [0.717, 1.165) is 24.5 Å². The molecule has 2 heterocycles. The second-order valence-corrected chi connectivity index (χ2v) is 12.3. The lowest BCUT2D eigenvalue weighted by molar-refractivity contribution is 0.157. The molecule has 3 aromatic rings. The lowest BCUT2D eigenvalue weighted by atomic mass is 9.77. The molecule has 0 saturated carbocycles. The minimum Gasteiger partial charge on any atom is -0.507 e. The van der Waals surface area contributed by atoms with E-state index in [4.69, 9.17) is 9.15 Å². The highest BCUT2D eigenvalue weighted by Crippen LogP contribution is 2.54. The zero-order valence-electron chi connectivity index (χ0n) is 25.0. The summed E-state index contributed by atoms with van der Waals surface area (Å²) in [7, 11) is 0. The molecule has 220 valence electrons. The zero-order chi connectivity index (χ0) is 30.7. The summed E-state index contributed by atoms with van der Waals surface area (Å²) >= 11 is 0. The van der Waals surface area contributed by atoms with Crippen LogP contribution >= 0.6 is 0 Å². The van der Waals surface area contributed by atoms with Crippen LogP contribution in [0.5, 0.6) is 28.7 Å². The first-order valence-corrected chi connectivity index (χ1v) is 14.2. The van der Waals surface area contributed by atoms with E-state index in [1.165, 1.54) is 5.57 Å². The topological polar surface area (TPSA) is 120 Å². The number of fused-ring (bicyclic) bond motifs is 5. The fourth-order valence-corrected chi connectivity index (χ4v) is 5.87. The van der Waals surface area contributed by atoms with E-state index < -0.39 is 28.4 Å². The third kappa shape index (κ3) is 4.87. The number of hydrogen-bond acceptors (Lipinski definition) is 7. The fraction of sp³-hybridized carbons (Fsp3) is 0.343. The molecule has 0 radical (unpaired) electrons. The normalized spacial score (nSPS) is 16.8. The third-order valence-electron chi connectivity index (χ3n) is 8.13. The Balaban J connectivity index is 1.82. The van der Waals surface area contributed by atoms with E-state index in [1.807, 2.05) is 19.9 Å². The number of aromatic hydroxyl groups is 4. The van der Waals surface area contributed by atoms with Gasteiger partial charge in [-0.3, -0.25) is 4.79 Å². The smallest absolute Gasteiger partial charge is 0.200 e. The Kier molecular flexibility index (Phi) is 7.25. The largest absolute Gasteiger partial charge is 0.507 e. The number of phenols is 4. The molecule has 2 aromatic carbocycles. The fourth-order valence-electron chi connectivity index (χ4n) is 5.87. The molecule has 0 amide bonds. The summed E-state index contributed by atoms with van der Waals surface area (Å²) in [6, 6.07) is 1.03. The van der Waals surface area contributed by atoms with Gasteiger partial charge >= 0.3 is 0 Å². The summed E-state index contributed by atoms with van der Waals surface area (Å²) < 4.78 is 12.9. The number of hydrogen-bond donors (Lipinski definition) is 4. The second-order valence-electron chi connectivity index (χ2n) is 12.3. The van der Waals surface area contributed by atoms with Crippen LogP contribution in [0.1, 0.15) is 82.6 Å². The van der Waals surface area contributed by atoms with E-state index in [0.29, 0.717) is 28.9 Å². The standard InChI is InChI=1S/C35H38O7/c1-17(2)9-8-10-19(5)11-12-21-32-20(13-14-35(6,7)42-32)29(38)28-30(39)23-15-22(18(3)4)26-27(34(23)41-33(21)28)24(36)16-25(37)31(26)40/h9,11,13-14,16,22,36-38,40H,3,8,10,12,15H2,1-2,4-7H3/b19-11+/t22-/m1/s1. The molecule has 0 fully saturated rings. The first kappa shape index (κ1) is 29.1. The summed E-state index contributed by atoms with van der Waals surface area (Å²) in [4.78, 5) is 14.2. The van der Waals surface area contributed by atoms with Crippen LogP contribution in [-0.2, 0) is 12.8 Å². The van der Waals surface area contributed by atoms with Gasteiger partial charge in [-0.05, 0) is 79.4 Å². The van der Waals surface area contributed by atoms with Crippen LogP contribution in [0.25, 0.3) is 28.4 Å². The Morgan fingerprint density at radius 3 is 2.45 bits per heavy atom. The molecule has 4 N–H and O–H groups in total. The average Bonchev–Trinajstić information content (AvgIpc) is 2.89. The predicted molar refractivity (Wildman–Crippen MR) is 166 cm³/mol. The van der Waals surface area contributed by atoms with Crippen molar-refractivity contribution < 1.29 is 29.6 Å². The third-order valence-corrected chi connectivity index (χ3v) is 8.13. The lowest BCUT2D eigenvalue weighted by Crippen LogP contribution is -2.28. The van der Waals surface area contributed by atoms with Crippen LogP contribution in [0, 0.1) is 0 Å². The lowest BCUT2D eigenvalue weighted by Gasteiger charge is -2.31. The van der Waals surface area contributed by atoms with Gasteiger partial charge in [0.15, 0.2) is 16.9 Å². The molecule has 0 spiro atoms. The van der Waals surface area contributed by atoms with Gasteiger partial charge in [0.25, 0.3) is 0 Å². The van der Waals surface area contributed by atoms with E-state index in [2.05, 4.69) is 39.5 Å². The minimum atomic E-state index is -0.665. The van der Waals surface area contributed by atoms with Crippen LogP contribution in [0.2, 0.25) is 0 Å². The minimum absolute atomic E-state index is 0.0393. The highest BCUT2D eigenvalue weighted by molar-refractivity contribution is 5.96. The van der Waals surface area contributed by atoms with Gasteiger partial charge in [0.1, 0.15) is 39.6 Å². The summed E-state index contributed by atoms with van der Waals surface area (Å²) in [5.41, 5.74) is 3.73.